The molecule has 1 aliphatic carbocycles. The van der Waals surface area contributed by atoms with Crippen LogP contribution < -0.4 is 11.1 Å². The minimum Gasteiger partial charge on any atom is -0.398 e. The van der Waals surface area contributed by atoms with Gasteiger partial charge in [0.25, 0.3) is 5.91 Å². The highest BCUT2D eigenvalue weighted by Gasteiger charge is 2.20. The largest absolute Gasteiger partial charge is 0.398 e. The number of hydrogen-bond donors (Lipinski definition) is 2. The lowest BCUT2D eigenvalue weighted by Gasteiger charge is -2.08. The Hall–Kier alpha value is -1.07. The molecule has 5 heteroatoms. The molecule has 0 saturated heterocycles. The van der Waals surface area contributed by atoms with Gasteiger partial charge in [-0.1, -0.05) is 15.9 Å². The topological polar surface area (TPSA) is 64.4 Å². The van der Waals surface area contributed by atoms with E-state index in [0.29, 0.717) is 24.4 Å². The number of ether oxygens (including phenoxy) is 1. The molecule has 1 saturated carbocycles. The van der Waals surface area contributed by atoms with Crippen molar-refractivity contribution in [3.05, 3.63) is 28.2 Å². The van der Waals surface area contributed by atoms with Crippen molar-refractivity contribution >= 4 is 27.5 Å². The molecular weight excluding hydrogens is 308 g/mol. The summed E-state index contributed by atoms with van der Waals surface area (Å²) >= 11 is 3.31. The van der Waals surface area contributed by atoms with Gasteiger partial charge in [-0.2, -0.15) is 0 Å². The van der Waals surface area contributed by atoms with Crippen molar-refractivity contribution < 1.29 is 9.53 Å². The molecule has 0 aromatic heterocycles. The van der Waals surface area contributed by atoms with Crippen molar-refractivity contribution in [1.82, 2.24) is 5.32 Å². The van der Waals surface area contributed by atoms with E-state index < -0.39 is 0 Å². The minimum atomic E-state index is -0.132. The first kappa shape index (κ1) is 14.3. The molecule has 1 fully saturated rings. The average Bonchev–Trinajstić information content (AvgIpc) is 3.17. The third-order valence-corrected chi connectivity index (χ3v) is 3.55. The van der Waals surface area contributed by atoms with E-state index in [2.05, 4.69) is 21.2 Å². The number of hydrogen-bond acceptors (Lipinski definition) is 3. The van der Waals surface area contributed by atoms with Crippen LogP contribution >= 0.6 is 15.9 Å². The van der Waals surface area contributed by atoms with E-state index in [0.717, 1.165) is 23.4 Å². The molecule has 2 rings (SSSR count). The fraction of sp³-hybridized carbons (Fsp3) is 0.500. The maximum Gasteiger partial charge on any atom is 0.253 e. The van der Waals surface area contributed by atoms with Crippen LogP contribution in [0.1, 0.15) is 29.6 Å². The van der Waals surface area contributed by atoms with Crippen LogP contribution in [0.2, 0.25) is 0 Å². The van der Waals surface area contributed by atoms with Crippen LogP contribution in [0.3, 0.4) is 0 Å². The molecule has 1 aliphatic rings. The van der Waals surface area contributed by atoms with Gasteiger partial charge in [0, 0.05) is 29.9 Å². The summed E-state index contributed by atoms with van der Waals surface area (Å²) in [5.41, 5.74) is 6.80. The average molecular weight is 327 g/mol. The summed E-state index contributed by atoms with van der Waals surface area (Å²) in [6.07, 6.45) is 3.44. The second kappa shape index (κ2) is 6.91. The molecule has 0 heterocycles. The fourth-order valence-corrected chi connectivity index (χ4v) is 2.13. The highest BCUT2D eigenvalue weighted by Crippen LogP contribution is 2.28. The predicted octanol–water partition coefficient (Wildman–Crippen LogP) is 2.58. The predicted molar refractivity (Wildman–Crippen MR) is 79.0 cm³/mol. The van der Waals surface area contributed by atoms with Gasteiger partial charge in [0.2, 0.25) is 0 Å². The SMILES string of the molecule is Nc1cc(Br)ccc1C(=O)NCCCOCC1CC1. The molecule has 0 aliphatic heterocycles. The summed E-state index contributed by atoms with van der Waals surface area (Å²) < 4.78 is 6.37. The Morgan fingerprint density at radius 1 is 1.47 bits per heavy atom. The number of nitrogens with two attached hydrogens (primary N) is 1. The number of rotatable bonds is 7. The quantitative estimate of drug-likeness (QED) is 0.598. The molecule has 3 N–H and O–H groups in total. The monoisotopic (exact) mass is 326 g/mol. The molecule has 1 aromatic carbocycles. The lowest BCUT2D eigenvalue weighted by molar-refractivity contribution is 0.0938. The Morgan fingerprint density at radius 2 is 2.26 bits per heavy atom. The Kier molecular flexibility index (Phi) is 5.22. The lowest BCUT2D eigenvalue weighted by Crippen LogP contribution is -2.26. The Labute approximate surface area is 121 Å². The second-order valence-corrected chi connectivity index (χ2v) is 5.77. The number of nitrogens with one attached hydrogen (secondary N) is 1. The van der Waals surface area contributed by atoms with Gasteiger partial charge in [0.05, 0.1) is 5.56 Å². The molecule has 19 heavy (non-hydrogen) atoms. The van der Waals surface area contributed by atoms with E-state index in [1.807, 2.05) is 6.07 Å². The lowest BCUT2D eigenvalue weighted by atomic mass is 10.1. The first-order chi connectivity index (χ1) is 9.16. The van der Waals surface area contributed by atoms with Crippen molar-refractivity contribution in [1.29, 1.82) is 0 Å². The molecule has 0 atom stereocenters. The van der Waals surface area contributed by atoms with Crippen molar-refractivity contribution in [3.8, 4) is 0 Å². The fourth-order valence-electron chi connectivity index (χ4n) is 1.75. The van der Waals surface area contributed by atoms with E-state index in [1.54, 1.807) is 12.1 Å². The number of nitrogen functional groups attached to an aromatic ring is 1. The van der Waals surface area contributed by atoms with Crippen molar-refractivity contribution in [2.75, 3.05) is 25.5 Å². The Bertz CT molecular complexity index is 447. The first-order valence-electron chi connectivity index (χ1n) is 6.58. The van der Waals surface area contributed by atoms with Crippen LogP contribution in [-0.2, 0) is 4.74 Å². The van der Waals surface area contributed by atoms with E-state index in [9.17, 15) is 4.79 Å². The van der Waals surface area contributed by atoms with Crippen LogP contribution in [0.25, 0.3) is 0 Å². The van der Waals surface area contributed by atoms with Gasteiger partial charge in [-0.3, -0.25) is 4.79 Å². The minimum absolute atomic E-state index is 0.132. The van der Waals surface area contributed by atoms with Crippen molar-refractivity contribution in [2.45, 2.75) is 19.3 Å². The number of halogens is 1. The van der Waals surface area contributed by atoms with Gasteiger partial charge in [0.15, 0.2) is 0 Å². The number of amides is 1. The van der Waals surface area contributed by atoms with Crippen LogP contribution in [0.5, 0.6) is 0 Å². The van der Waals surface area contributed by atoms with Gasteiger partial charge >= 0.3 is 0 Å². The summed E-state index contributed by atoms with van der Waals surface area (Å²) in [5, 5.41) is 2.85. The number of carbonyl (C=O) groups excluding carboxylic acids is 1. The molecule has 104 valence electrons. The van der Waals surface area contributed by atoms with E-state index in [-0.39, 0.29) is 5.91 Å². The zero-order chi connectivity index (χ0) is 13.7. The number of anilines is 1. The smallest absolute Gasteiger partial charge is 0.253 e. The Balaban J connectivity index is 1.65. The summed E-state index contributed by atoms with van der Waals surface area (Å²) in [6, 6.07) is 5.26. The molecule has 1 amide bonds. The van der Waals surface area contributed by atoms with Crippen molar-refractivity contribution in [2.24, 2.45) is 5.92 Å². The highest BCUT2D eigenvalue weighted by molar-refractivity contribution is 9.10. The summed E-state index contributed by atoms with van der Waals surface area (Å²) in [7, 11) is 0. The van der Waals surface area contributed by atoms with Gasteiger partial charge in [0.1, 0.15) is 0 Å². The normalized spacial score (nSPS) is 14.4. The molecule has 0 bridgehead atoms. The third kappa shape index (κ3) is 4.84. The van der Waals surface area contributed by atoms with Crippen LogP contribution in [-0.4, -0.2) is 25.7 Å². The molecule has 1 aromatic rings. The number of benzene rings is 1. The van der Waals surface area contributed by atoms with Crippen LogP contribution in [0, 0.1) is 5.92 Å². The van der Waals surface area contributed by atoms with Crippen LogP contribution in [0.4, 0.5) is 5.69 Å². The van der Waals surface area contributed by atoms with E-state index in [1.165, 1.54) is 12.8 Å². The molecule has 0 spiro atoms. The third-order valence-electron chi connectivity index (χ3n) is 3.06. The number of carbonyl (C=O) groups is 1. The molecular formula is C14H19BrN2O2. The molecule has 0 unspecified atom stereocenters. The van der Waals surface area contributed by atoms with Gasteiger partial charge < -0.3 is 15.8 Å². The summed E-state index contributed by atoms with van der Waals surface area (Å²) in [6.45, 7) is 2.18. The van der Waals surface area contributed by atoms with Crippen LogP contribution in [0.15, 0.2) is 22.7 Å². The zero-order valence-corrected chi connectivity index (χ0v) is 12.4. The van der Waals surface area contributed by atoms with E-state index >= 15 is 0 Å². The standard InChI is InChI=1S/C14H19BrN2O2/c15-11-4-5-12(13(16)8-11)14(18)17-6-1-7-19-9-10-2-3-10/h4-5,8,10H,1-3,6-7,9,16H2,(H,17,18). The Morgan fingerprint density at radius 3 is 2.95 bits per heavy atom. The van der Waals surface area contributed by atoms with Crippen molar-refractivity contribution in [3.63, 3.8) is 0 Å². The molecule has 0 radical (unpaired) electrons. The van der Waals surface area contributed by atoms with Gasteiger partial charge in [-0.15, -0.1) is 0 Å². The highest BCUT2D eigenvalue weighted by atomic mass is 79.9. The molecule has 4 nitrogen and oxygen atoms in total. The zero-order valence-electron chi connectivity index (χ0n) is 10.8. The maximum absolute atomic E-state index is 11.9. The summed E-state index contributed by atoms with van der Waals surface area (Å²) in [5.74, 6) is 0.657. The maximum atomic E-state index is 11.9. The second-order valence-electron chi connectivity index (χ2n) is 4.86. The first-order valence-corrected chi connectivity index (χ1v) is 7.37. The van der Waals surface area contributed by atoms with Gasteiger partial charge in [-0.05, 0) is 43.4 Å². The van der Waals surface area contributed by atoms with E-state index in [4.69, 9.17) is 10.5 Å². The van der Waals surface area contributed by atoms with Gasteiger partial charge in [-0.25, -0.2) is 0 Å². The summed E-state index contributed by atoms with van der Waals surface area (Å²) in [4.78, 5) is 11.9.